The first-order valence-corrected chi connectivity index (χ1v) is 9.20. The molecule has 1 aromatic heterocycles. The summed E-state index contributed by atoms with van der Waals surface area (Å²) >= 11 is 0. The molecule has 0 saturated carbocycles. The minimum atomic E-state index is -0.503. The third-order valence-corrected chi connectivity index (χ3v) is 4.86. The van der Waals surface area contributed by atoms with Crippen molar-refractivity contribution in [2.75, 3.05) is 5.32 Å². The topological polar surface area (TPSA) is 96.1 Å². The van der Waals surface area contributed by atoms with Gasteiger partial charge in [-0.1, -0.05) is 36.4 Å². The molecule has 1 N–H and O–H groups in total. The van der Waals surface area contributed by atoms with Crippen molar-refractivity contribution in [3.63, 3.8) is 0 Å². The van der Waals surface area contributed by atoms with E-state index in [0.29, 0.717) is 5.56 Å². The summed E-state index contributed by atoms with van der Waals surface area (Å²) in [5.74, 6) is 0.689. The standard InChI is InChI=1S/C22H20N4O3/c1-15-24-20-12-18(23-13-17-11-19(26(28)29)8-10-22(17)27)7-9-21(20)25(15)14-16-5-3-2-4-6-16/h2-12,23,27H,13-14H2,1H3/p-1. The zero-order chi connectivity index (χ0) is 20.4. The van der Waals surface area contributed by atoms with Crippen LogP contribution in [0.1, 0.15) is 17.0 Å². The van der Waals surface area contributed by atoms with Gasteiger partial charge in [0.2, 0.25) is 0 Å². The number of nitrogens with zero attached hydrogens (tertiary/aromatic N) is 3. The van der Waals surface area contributed by atoms with Gasteiger partial charge in [-0.25, -0.2) is 4.98 Å². The van der Waals surface area contributed by atoms with Crippen LogP contribution in [-0.2, 0) is 13.1 Å². The Bertz CT molecular complexity index is 1190. The molecule has 0 saturated heterocycles. The summed E-state index contributed by atoms with van der Waals surface area (Å²) in [6.45, 7) is 2.92. The molecule has 3 aromatic carbocycles. The van der Waals surface area contributed by atoms with Gasteiger partial charge in [0.15, 0.2) is 0 Å². The first-order chi connectivity index (χ1) is 14.0. The average Bonchev–Trinajstić information content (AvgIpc) is 3.02. The largest absolute Gasteiger partial charge is 0.872 e. The van der Waals surface area contributed by atoms with Crippen LogP contribution in [0.4, 0.5) is 11.4 Å². The molecule has 0 unspecified atom stereocenters. The highest BCUT2D eigenvalue weighted by atomic mass is 16.6. The zero-order valence-corrected chi connectivity index (χ0v) is 15.8. The number of aryl methyl sites for hydroxylation is 1. The van der Waals surface area contributed by atoms with Gasteiger partial charge < -0.3 is 15.0 Å². The molecule has 4 rings (SSSR count). The van der Waals surface area contributed by atoms with Crippen LogP contribution < -0.4 is 10.4 Å². The van der Waals surface area contributed by atoms with Crippen molar-refractivity contribution in [2.24, 2.45) is 0 Å². The molecule has 0 amide bonds. The molecule has 0 aliphatic carbocycles. The number of hydrogen-bond donors (Lipinski definition) is 1. The number of aromatic nitrogens is 2. The molecule has 146 valence electrons. The second-order valence-electron chi connectivity index (χ2n) is 6.84. The van der Waals surface area contributed by atoms with Gasteiger partial charge in [-0.05, 0) is 36.2 Å². The number of anilines is 1. The fourth-order valence-corrected chi connectivity index (χ4v) is 3.34. The molecule has 29 heavy (non-hydrogen) atoms. The van der Waals surface area contributed by atoms with Crippen molar-refractivity contribution in [3.8, 4) is 5.75 Å². The summed E-state index contributed by atoms with van der Waals surface area (Å²) < 4.78 is 2.16. The van der Waals surface area contributed by atoms with Crippen molar-refractivity contribution in [1.29, 1.82) is 0 Å². The van der Waals surface area contributed by atoms with E-state index < -0.39 is 4.92 Å². The van der Waals surface area contributed by atoms with Crippen LogP contribution >= 0.6 is 0 Å². The Labute approximate surface area is 167 Å². The lowest BCUT2D eigenvalue weighted by molar-refractivity contribution is -0.385. The highest BCUT2D eigenvalue weighted by Gasteiger charge is 2.10. The summed E-state index contributed by atoms with van der Waals surface area (Å²) in [4.78, 5) is 15.1. The average molecular weight is 387 g/mol. The third kappa shape index (κ3) is 3.89. The molecular formula is C22H19N4O3-. The highest BCUT2D eigenvalue weighted by Crippen LogP contribution is 2.24. The number of rotatable bonds is 6. The van der Waals surface area contributed by atoms with Crippen LogP contribution in [0.5, 0.6) is 5.75 Å². The molecule has 0 bridgehead atoms. The Morgan fingerprint density at radius 2 is 1.86 bits per heavy atom. The zero-order valence-electron chi connectivity index (χ0n) is 15.8. The van der Waals surface area contributed by atoms with E-state index >= 15 is 0 Å². The van der Waals surface area contributed by atoms with Crippen molar-refractivity contribution in [2.45, 2.75) is 20.0 Å². The summed E-state index contributed by atoms with van der Waals surface area (Å²) in [5, 5.41) is 26.1. The predicted molar refractivity (Wildman–Crippen MR) is 110 cm³/mol. The maximum absolute atomic E-state index is 12.0. The molecule has 7 heteroatoms. The smallest absolute Gasteiger partial charge is 0.269 e. The van der Waals surface area contributed by atoms with Crippen molar-refractivity contribution in [1.82, 2.24) is 9.55 Å². The number of fused-ring (bicyclic) bond motifs is 1. The Balaban J connectivity index is 1.56. The first-order valence-electron chi connectivity index (χ1n) is 9.20. The summed E-state index contributed by atoms with van der Waals surface area (Å²) in [7, 11) is 0. The van der Waals surface area contributed by atoms with E-state index in [-0.39, 0.29) is 18.0 Å². The predicted octanol–water partition coefficient (Wildman–Crippen LogP) is 3.99. The van der Waals surface area contributed by atoms with Crippen LogP contribution in [0.3, 0.4) is 0 Å². The SMILES string of the molecule is Cc1nc2cc(NCc3cc([N+](=O)[O-])ccc3[O-])ccc2n1Cc1ccccc1. The summed E-state index contributed by atoms with van der Waals surface area (Å²) in [6.07, 6.45) is 0. The van der Waals surface area contributed by atoms with Gasteiger partial charge in [0, 0.05) is 30.9 Å². The number of benzene rings is 3. The molecule has 0 radical (unpaired) electrons. The molecule has 0 fully saturated rings. The van der Waals surface area contributed by atoms with Crippen molar-refractivity contribution in [3.05, 3.63) is 93.8 Å². The van der Waals surface area contributed by atoms with E-state index in [1.165, 1.54) is 23.8 Å². The Kier molecular flexibility index (Phi) is 4.87. The van der Waals surface area contributed by atoms with Gasteiger partial charge in [-0.2, -0.15) is 0 Å². The van der Waals surface area contributed by atoms with E-state index in [1.54, 1.807) is 0 Å². The number of hydrogen-bond acceptors (Lipinski definition) is 5. The van der Waals surface area contributed by atoms with Crippen molar-refractivity contribution < 1.29 is 10.0 Å². The number of nitrogens with one attached hydrogen (secondary N) is 1. The van der Waals surface area contributed by atoms with Gasteiger partial charge in [-0.3, -0.25) is 10.1 Å². The summed E-state index contributed by atoms with van der Waals surface area (Å²) in [6, 6.07) is 19.8. The lowest BCUT2D eigenvalue weighted by atomic mass is 10.1. The van der Waals surface area contributed by atoms with E-state index in [9.17, 15) is 15.2 Å². The quantitative estimate of drug-likeness (QED) is 0.399. The minimum absolute atomic E-state index is 0.0906. The summed E-state index contributed by atoms with van der Waals surface area (Å²) in [5.41, 5.74) is 4.14. The van der Waals surface area contributed by atoms with Gasteiger partial charge in [0.1, 0.15) is 5.82 Å². The fraction of sp³-hybridized carbons (Fsp3) is 0.136. The monoisotopic (exact) mass is 387 g/mol. The van der Waals surface area contributed by atoms with Gasteiger partial charge in [0.25, 0.3) is 5.69 Å². The Morgan fingerprint density at radius 3 is 2.62 bits per heavy atom. The van der Waals surface area contributed by atoms with Crippen LogP contribution in [0, 0.1) is 17.0 Å². The first kappa shape index (κ1) is 18.5. The second kappa shape index (κ2) is 7.63. The number of nitro benzene ring substituents is 1. The molecule has 0 aliphatic heterocycles. The van der Waals surface area contributed by atoms with E-state index in [1.807, 2.05) is 43.3 Å². The van der Waals surface area contributed by atoms with E-state index in [2.05, 4.69) is 27.0 Å². The van der Waals surface area contributed by atoms with Crippen LogP contribution in [-0.4, -0.2) is 14.5 Å². The van der Waals surface area contributed by atoms with Gasteiger partial charge in [0.05, 0.1) is 16.0 Å². The molecule has 0 atom stereocenters. The second-order valence-corrected chi connectivity index (χ2v) is 6.84. The fourth-order valence-electron chi connectivity index (χ4n) is 3.34. The molecule has 1 heterocycles. The van der Waals surface area contributed by atoms with Crippen LogP contribution in [0.15, 0.2) is 66.7 Å². The Hall–Kier alpha value is -3.87. The van der Waals surface area contributed by atoms with Crippen LogP contribution in [0.25, 0.3) is 11.0 Å². The molecule has 4 aromatic rings. The normalized spacial score (nSPS) is 10.9. The van der Waals surface area contributed by atoms with Crippen molar-refractivity contribution >= 4 is 22.4 Å². The van der Waals surface area contributed by atoms with E-state index in [0.717, 1.165) is 29.1 Å². The Morgan fingerprint density at radius 1 is 1.07 bits per heavy atom. The van der Waals surface area contributed by atoms with Gasteiger partial charge >= 0.3 is 0 Å². The number of nitro groups is 1. The molecule has 0 spiro atoms. The lowest BCUT2D eigenvalue weighted by Gasteiger charge is -2.14. The van der Waals surface area contributed by atoms with E-state index in [4.69, 9.17) is 0 Å². The number of non-ortho nitro benzene ring substituents is 1. The molecule has 7 nitrogen and oxygen atoms in total. The molecular weight excluding hydrogens is 368 g/mol. The maximum atomic E-state index is 12.0. The lowest BCUT2D eigenvalue weighted by Crippen LogP contribution is -2.05. The third-order valence-electron chi connectivity index (χ3n) is 4.86. The highest BCUT2D eigenvalue weighted by molar-refractivity contribution is 5.80. The number of imidazole rings is 1. The maximum Gasteiger partial charge on any atom is 0.269 e. The van der Waals surface area contributed by atoms with Crippen LogP contribution in [0.2, 0.25) is 0 Å². The minimum Gasteiger partial charge on any atom is -0.872 e. The molecule has 0 aliphatic rings. The van der Waals surface area contributed by atoms with Gasteiger partial charge in [-0.15, -0.1) is 5.75 Å².